The highest BCUT2D eigenvalue weighted by Gasteiger charge is 2.12. The number of carboxylic acids is 1. The molecule has 0 aromatic rings. The molecule has 0 aromatic carbocycles. The molecule has 190 valence electrons. The average molecular weight is 460 g/mol. The monoisotopic (exact) mass is 459 g/mol. The molecule has 0 spiro atoms. The summed E-state index contributed by atoms with van der Waals surface area (Å²) >= 11 is 0. The van der Waals surface area contributed by atoms with Crippen molar-refractivity contribution in [1.29, 1.82) is 5.26 Å². The van der Waals surface area contributed by atoms with Crippen LogP contribution in [0, 0.1) is 23.2 Å². The maximum Gasteiger partial charge on any atom is 0.320 e. The lowest BCUT2D eigenvalue weighted by Gasteiger charge is -2.13. The van der Waals surface area contributed by atoms with Crippen molar-refractivity contribution in [3.63, 3.8) is 0 Å². The van der Waals surface area contributed by atoms with Crippen LogP contribution in [0.25, 0.3) is 0 Å². The Labute approximate surface area is 196 Å². The van der Waals surface area contributed by atoms with Gasteiger partial charge in [-0.15, -0.1) is 0 Å². The molecule has 0 aliphatic rings. The molecule has 0 saturated carbocycles. The molecule has 0 aromatic heterocycles. The summed E-state index contributed by atoms with van der Waals surface area (Å²) in [6.07, 6.45) is 9.89. The molecule has 0 amide bonds. The molecule has 0 rings (SSSR count). The zero-order chi connectivity index (χ0) is 25.4. The van der Waals surface area contributed by atoms with Gasteiger partial charge in [-0.05, 0) is 43.9 Å². The fourth-order valence-corrected chi connectivity index (χ4v) is 2.55. The first-order chi connectivity index (χ1) is 15.0. The van der Waals surface area contributed by atoms with E-state index >= 15 is 0 Å². The Bertz CT molecular complexity index is 463. The lowest BCUT2D eigenvalue weighted by atomic mass is 10.0. The van der Waals surface area contributed by atoms with E-state index in [0.717, 1.165) is 43.8 Å². The van der Waals surface area contributed by atoms with Crippen molar-refractivity contribution in [3.8, 4) is 6.07 Å². The highest BCUT2D eigenvalue weighted by molar-refractivity contribution is 5.72. The number of nitrogens with two attached hydrogens (primary N) is 2. The second-order valence-corrected chi connectivity index (χ2v) is 8.68. The van der Waals surface area contributed by atoms with E-state index in [-0.39, 0.29) is 12.3 Å². The Balaban J connectivity index is -0.000000403. The fourth-order valence-electron chi connectivity index (χ4n) is 2.55. The van der Waals surface area contributed by atoms with Gasteiger partial charge in [0.1, 0.15) is 12.3 Å². The van der Waals surface area contributed by atoms with E-state index in [9.17, 15) is 9.59 Å². The van der Waals surface area contributed by atoms with Gasteiger partial charge in [0, 0.05) is 20.6 Å². The molecular formula is C24H49N3O5. The zero-order valence-electron chi connectivity index (χ0n) is 21.2. The molecular weight excluding hydrogens is 410 g/mol. The molecule has 0 radical (unpaired) electrons. The number of nitriles is 1. The number of carboxylic acid groups (broad SMARTS) is 1. The number of hydrogen-bond donors (Lipinski definition) is 3. The van der Waals surface area contributed by atoms with E-state index in [0.29, 0.717) is 19.3 Å². The number of carbonyl (C=O) groups is 2. The van der Waals surface area contributed by atoms with Gasteiger partial charge in [-0.2, -0.15) is 5.26 Å². The summed E-state index contributed by atoms with van der Waals surface area (Å²) in [4.78, 5) is 20.2. The third-order valence-corrected chi connectivity index (χ3v) is 4.61. The van der Waals surface area contributed by atoms with Crippen molar-refractivity contribution >= 4 is 12.3 Å². The Morgan fingerprint density at radius 3 is 1.81 bits per heavy atom. The summed E-state index contributed by atoms with van der Waals surface area (Å²) < 4.78 is 9.86. The molecule has 0 aliphatic carbocycles. The standard InChI is InChI=1S/C8H16N2.C8H17NO4.C8H16O/c1-7(2)4-3-5-8(10)6-9;1-12-7(13-2)5-3-4-6(9)8(10)11;1-8(2)6-4-3-5-7-9/h7-8H,3-5,10H2,1-2H3;6-7H,3-5,9H2,1-2H3,(H,10,11);7-8H,3-6H2,1-2H3/t;6-;/m.1./s1. The first-order valence-corrected chi connectivity index (χ1v) is 11.7. The number of hydrogen-bond acceptors (Lipinski definition) is 7. The number of carbonyl (C=O) groups excluding carboxylic acids is 1. The number of unbranched alkanes of at least 4 members (excludes halogenated alkanes) is 2. The first kappa shape index (κ1) is 35.1. The SMILES string of the molecule is CC(C)CCCC(N)C#N.CC(C)CCCCC=O.COC(CCC[C@@H](N)C(=O)O)OC. The fraction of sp³-hybridized carbons (Fsp3) is 0.875. The van der Waals surface area contributed by atoms with E-state index in [1.165, 1.54) is 19.3 Å². The van der Waals surface area contributed by atoms with Crippen LogP contribution in [0.4, 0.5) is 0 Å². The lowest BCUT2D eigenvalue weighted by Crippen LogP contribution is -2.30. The topological polar surface area (TPSA) is 149 Å². The van der Waals surface area contributed by atoms with Crippen LogP contribution in [-0.2, 0) is 19.1 Å². The van der Waals surface area contributed by atoms with E-state index < -0.39 is 12.0 Å². The van der Waals surface area contributed by atoms with E-state index in [4.69, 9.17) is 31.3 Å². The molecule has 0 bridgehead atoms. The summed E-state index contributed by atoms with van der Waals surface area (Å²) in [6.45, 7) is 8.78. The second kappa shape index (κ2) is 25.7. The third-order valence-electron chi connectivity index (χ3n) is 4.61. The van der Waals surface area contributed by atoms with Crippen LogP contribution in [0.15, 0.2) is 0 Å². The molecule has 2 atom stereocenters. The Morgan fingerprint density at radius 2 is 1.41 bits per heavy atom. The van der Waals surface area contributed by atoms with Crippen molar-refractivity contribution in [1.82, 2.24) is 0 Å². The lowest BCUT2D eigenvalue weighted by molar-refractivity contribution is -0.139. The molecule has 8 heteroatoms. The summed E-state index contributed by atoms with van der Waals surface area (Å²) in [7, 11) is 3.09. The average Bonchev–Trinajstić information content (AvgIpc) is 2.74. The molecule has 32 heavy (non-hydrogen) atoms. The maximum absolute atomic E-state index is 10.3. The van der Waals surface area contributed by atoms with Crippen molar-refractivity contribution in [3.05, 3.63) is 0 Å². The van der Waals surface area contributed by atoms with Crippen LogP contribution >= 0.6 is 0 Å². The van der Waals surface area contributed by atoms with Gasteiger partial charge in [-0.25, -0.2) is 0 Å². The molecule has 1 unspecified atom stereocenters. The number of ether oxygens (including phenoxy) is 2. The Hall–Kier alpha value is -1.53. The summed E-state index contributed by atoms with van der Waals surface area (Å²) in [5, 5.41) is 16.8. The Morgan fingerprint density at radius 1 is 0.906 bits per heavy atom. The molecule has 5 N–H and O–H groups in total. The maximum atomic E-state index is 10.3. The molecule has 0 heterocycles. The highest BCUT2D eigenvalue weighted by Crippen LogP contribution is 2.08. The van der Waals surface area contributed by atoms with E-state index in [1.54, 1.807) is 14.2 Å². The minimum absolute atomic E-state index is 0.251. The smallest absolute Gasteiger partial charge is 0.320 e. The number of rotatable bonds is 16. The summed E-state index contributed by atoms with van der Waals surface area (Å²) in [6, 6.07) is 0.982. The number of aliphatic carboxylic acids is 1. The molecule has 0 aliphatic heterocycles. The summed E-state index contributed by atoms with van der Waals surface area (Å²) in [5.74, 6) is 0.550. The van der Waals surface area contributed by atoms with Crippen LogP contribution in [0.3, 0.4) is 0 Å². The minimum Gasteiger partial charge on any atom is -0.480 e. The van der Waals surface area contributed by atoms with Crippen molar-refractivity contribution in [2.75, 3.05) is 14.2 Å². The van der Waals surface area contributed by atoms with Gasteiger partial charge in [0.2, 0.25) is 0 Å². The number of aldehydes is 1. The quantitative estimate of drug-likeness (QED) is 0.176. The van der Waals surface area contributed by atoms with Gasteiger partial charge in [-0.1, -0.05) is 53.4 Å². The zero-order valence-corrected chi connectivity index (χ0v) is 21.2. The van der Waals surface area contributed by atoms with Gasteiger partial charge in [-0.3, -0.25) is 4.79 Å². The van der Waals surface area contributed by atoms with Crippen LogP contribution < -0.4 is 11.5 Å². The number of nitrogens with zero attached hydrogens (tertiary/aromatic N) is 1. The van der Waals surface area contributed by atoms with Gasteiger partial charge < -0.3 is 30.8 Å². The van der Waals surface area contributed by atoms with E-state index in [2.05, 4.69) is 27.7 Å². The van der Waals surface area contributed by atoms with Crippen LogP contribution in [0.2, 0.25) is 0 Å². The predicted molar refractivity (Wildman–Crippen MR) is 129 cm³/mol. The molecule has 0 saturated heterocycles. The number of methoxy groups -OCH3 is 2. The summed E-state index contributed by atoms with van der Waals surface area (Å²) in [5.41, 5.74) is 10.7. The van der Waals surface area contributed by atoms with Gasteiger partial charge in [0.05, 0.1) is 12.1 Å². The van der Waals surface area contributed by atoms with Gasteiger partial charge in [0.25, 0.3) is 0 Å². The normalized spacial score (nSPS) is 12.3. The predicted octanol–water partition coefficient (Wildman–Crippen LogP) is 4.25. The van der Waals surface area contributed by atoms with Gasteiger partial charge in [0.15, 0.2) is 6.29 Å². The molecule has 0 fully saturated rings. The van der Waals surface area contributed by atoms with E-state index in [1.807, 2.05) is 6.07 Å². The third kappa shape index (κ3) is 30.7. The largest absolute Gasteiger partial charge is 0.480 e. The van der Waals surface area contributed by atoms with Crippen LogP contribution in [0.1, 0.15) is 91.9 Å². The van der Waals surface area contributed by atoms with Crippen molar-refractivity contribution < 1.29 is 24.2 Å². The van der Waals surface area contributed by atoms with Crippen LogP contribution in [0.5, 0.6) is 0 Å². The second-order valence-electron chi connectivity index (χ2n) is 8.68. The highest BCUT2D eigenvalue weighted by atomic mass is 16.7. The van der Waals surface area contributed by atoms with Gasteiger partial charge >= 0.3 is 5.97 Å². The van der Waals surface area contributed by atoms with Crippen molar-refractivity contribution in [2.24, 2.45) is 23.3 Å². The first-order valence-electron chi connectivity index (χ1n) is 11.7. The molecule has 8 nitrogen and oxygen atoms in total. The Kier molecular flexibility index (Phi) is 28.2. The minimum atomic E-state index is -0.966. The van der Waals surface area contributed by atoms with Crippen molar-refractivity contribution in [2.45, 2.75) is 110 Å². The van der Waals surface area contributed by atoms with Crippen LogP contribution in [-0.4, -0.2) is 50.0 Å².